The normalized spacial score (nSPS) is 14.4. The number of anilines is 1. The summed E-state index contributed by atoms with van der Waals surface area (Å²) in [4.78, 5) is 12.6. The molecule has 1 heterocycles. The fourth-order valence-corrected chi connectivity index (χ4v) is 3.30. The van der Waals surface area contributed by atoms with Gasteiger partial charge in [0.25, 0.3) is 5.91 Å². The maximum Gasteiger partial charge on any atom is 0.259 e. The maximum atomic E-state index is 12.6. The number of rotatable bonds is 2. The zero-order valence-electron chi connectivity index (χ0n) is 14.1. The van der Waals surface area contributed by atoms with Crippen molar-refractivity contribution in [2.75, 3.05) is 5.32 Å². The van der Waals surface area contributed by atoms with Crippen molar-refractivity contribution in [1.29, 1.82) is 0 Å². The predicted molar refractivity (Wildman–Crippen MR) is 117 cm³/mol. The molecule has 2 N–H and O–H groups in total. The van der Waals surface area contributed by atoms with E-state index in [2.05, 4.69) is 27.9 Å². The molecule has 0 saturated heterocycles. The van der Waals surface area contributed by atoms with Gasteiger partial charge in [0.2, 0.25) is 0 Å². The van der Waals surface area contributed by atoms with Gasteiger partial charge >= 0.3 is 0 Å². The van der Waals surface area contributed by atoms with E-state index < -0.39 is 11.3 Å². The quantitative estimate of drug-likeness (QED) is 0.450. The molecule has 0 spiro atoms. The molecule has 27 heavy (non-hydrogen) atoms. The number of hydrogen-bond donors (Lipinski definition) is 2. The van der Waals surface area contributed by atoms with Gasteiger partial charge in [-0.15, -0.1) is 0 Å². The van der Waals surface area contributed by atoms with Gasteiger partial charge in [-0.05, 0) is 64.4 Å². The zero-order chi connectivity index (χ0) is 19.2. The van der Waals surface area contributed by atoms with Crippen molar-refractivity contribution >= 4 is 66.7 Å². The minimum atomic E-state index is -1.42. The molecule has 1 amide bonds. The van der Waals surface area contributed by atoms with Gasteiger partial charge in [0, 0.05) is 25.6 Å². The highest BCUT2D eigenvalue weighted by molar-refractivity contribution is 14.1. The lowest BCUT2D eigenvalue weighted by molar-refractivity contribution is 0.102. The molecule has 4 nitrogen and oxygen atoms in total. The first kappa shape index (κ1) is 18.0. The first-order valence-corrected chi connectivity index (χ1v) is 9.23. The number of carbonyl (C=O) groups is 1. The molecule has 7 heteroatoms. The van der Waals surface area contributed by atoms with Crippen LogP contribution in [0.5, 0.6) is 11.5 Å². The molecule has 1 aliphatic heterocycles. The Morgan fingerprint density at radius 2 is 1.85 bits per heavy atom. The summed E-state index contributed by atoms with van der Waals surface area (Å²) in [5, 5.41) is 13.2. The van der Waals surface area contributed by atoms with Gasteiger partial charge in [0.1, 0.15) is 27.2 Å². The second-order valence-electron chi connectivity index (χ2n) is 6.32. The van der Waals surface area contributed by atoms with Crippen molar-refractivity contribution in [3.63, 3.8) is 0 Å². The smallest absolute Gasteiger partial charge is 0.259 e. The van der Waals surface area contributed by atoms with E-state index in [4.69, 9.17) is 20.4 Å². The Balaban J connectivity index is 1.73. The van der Waals surface area contributed by atoms with Gasteiger partial charge in [0.15, 0.2) is 0 Å². The molecule has 1 aliphatic rings. The van der Waals surface area contributed by atoms with Crippen LogP contribution in [0.3, 0.4) is 0 Å². The van der Waals surface area contributed by atoms with Crippen LogP contribution in [0.15, 0.2) is 54.6 Å². The number of halogens is 1. The van der Waals surface area contributed by atoms with E-state index in [0.29, 0.717) is 16.8 Å². The lowest BCUT2D eigenvalue weighted by Crippen LogP contribution is -2.36. The van der Waals surface area contributed by atoms with E-state index in [-0.39, 0.29) is 11.3 Å². The molecule has 3 aromatic carbocycles. The highest BCUT2D eigenvalue weighted by atomic mass is 127. The SMILES string of the molecule is [B]C1([B])C=Cc2ccc3cc(C(=O)Nc4ccc(I)cc4)c(O)cc3c2O1. The lowest BCUT2D eigenvalue weighted by Gasteiger charge is -2.30. The van der Waals surface area contributed by atoms with E-state index >= 15 is 0 Å². The van der Waals surface area contributed by atoms with Crippen molar-refractivity contribution in [3.05, 3.63) is 69.3 Å². The third kappa shape index (κ3) is 3.56. The van der Waals surface area contributed by atoms with E-state index in [1.807, 2.05) is 24.3 Å². The van der Waals surface area contributed by atoms with Gasteiger partial charge in [-0.1, -0.05) is 24.3 Å². The van der Waals surface area contributed by atoms with Crippen LogP contribution in [0, 0.1) is 3.57 Å². The minimum Gasteiger partial charge on any atom is -0.507 e. The predicted octanol–water partition coefficient (Wildman–Crippen LogP) is 3.80. The number of nitrogens with one attached hydrogen (secondary N) is 1. The monoisotopic (exact) mass is 463 g/mol. The molecule has 0 aromatic heterocycles. The highest BCUT2D eigenvalue weighted by Gasteiger charge is 2.23. The number of hydrogen-bond acceptors (Lipinski definition) is 3. The topological polar surface area (TPSA) is 58.6 Å². The molecule has 0 aliphatic carbocycles. The number of phenolic OH excluding ortho intramolecular Hbond substituents is 1. The Morgan fingerprint density at radius 3 is 2.59 bits per heavy atom. The fourth-order valence-electron chi connectivity index (χ4n) is 2.94. The molecular formula is C20H12B2INO3. The number of benzene rings is 3. The molecule has 0 saturated carbocycles. The van der Waals surface area contributed by atoms with Crippen LogP contribution in [0.2, 0.25) is 0 Å². The summed E-state index contributed by atoms with van der Waals surface area (Å²) in [7, 11) is 11.7. The first-order valence-electron chi connectivity index (χ1n) is 8.15. The average molecular weight is 463 g/mol. The summed E-state index contributed by atoms with van der Waals surface area (Å²) >= 11 is 2.19. The summed E-state index contributed by atoms with van der Waals surface area (Å²) in [5.41, 5.74) is 1.61. The van der Waals surface area contributed by atoms with Gasteiger partial charge in [-0.25, -0.2) is 0 Å². The van der Waals surface area contributed by atoms with Crippen LogP contribution >= 0.6 is 22.6 Å². The zero-order valence-corrected chi connectivity index (χ0v) is 16.2. The molecular weight excluding hydrogens is 451 g/mol. The minimum absolute atomic E-state index is 0.156. The highest BCUT2D eigenvalue weighted by Crippen LogP contribution is 2.38. The second kappa shape index (κ2) is 6.64. The van der Waals surface area contributed by atoms with Crippen molar-refractivity contribution in [1.82, 2.24) is 0 Å². The summed E-state index contributed by atoms with van der Waals surface area (Å²) in [6.07, 6.45) is 3.33. The summed E-state index contributed by atoms with van der Waals surface area (Å²) < 4.78 is 6.71. The van der Waals surface area contributed by atoms with E-state index in [1.54, 1.807) is 30.4 Å². The van der Waals surface area contributed by atoms with Crippen LogP contribution in [0.4, 0.5) is 5.69 Å². The van der Waals surface area contributed by atoms with Crippen molar-refractivity contribution in [2.45, 2.75) is 5.40 Å². The Morgan fingerprint density at radius 1 is 1.11 bits per heavy atom. The maximum absolute atomic E-state index is 12.6. The molecule has 0 fully saturated rings. The third-order valence-electron chi connectivity index (χ3n) is 4.27. The molecule has 0 atom stereocenters. The van der Waals surface area contributed by atoms with Crippen LogP contribution in [0.25, 0.3) is 16.8 Å². The Labute approximate surface area is 172 Å². The number of carbonyl (C=O) groups excluding carboxylic acids is 1. The fraction of sp³-hybridized carbons (Fsp3) is 0.0500. The molecule has 0 unspecified atom stereocenters. The first-order chi connectivity index (χ1) is 12.8. The van der Waals surface area contributed by atoms with Gasteiger partial charge in [-0.2, -0.15) is 0 Å². The van der Waals surface area contributed by atoms with Gasteiger partial charge in [-0.3, -0.25) is 4.79 Å². The molecule has 4 radical (unpaired) electrons. The summed E-state index contributed by atoms with van der Waals surface area (Å²) in [5.74, 6) is -0.0854. The molecule has 3 aromatic rings. The molecule has 4 rings (SSSR count). The number of fused-ring (bicyclic) bond motifs is 3. The Hall–Kier alpha value is -2.41. The van der Waals surface area contributed by atoms with Crippen molar-refractivity contribution < 1.29 is 14.6 Å². The second-order valence-corrected chi connectivity index (χ2v) is 7.57. The number of phenols is 1. The number of amides is 1. The van der Waals surface area contributed by atoms with Crippen LogP contribution < -0.4 is 10.1 Å². The standard InChI is InChI=1S/C20H12B2INO3/c21-20(22)8-7-11-1-2-12-9-16(17(25)10-15(12)18(11)27-20)19(26)24-14-5-3-13(23)4-6-14/h1-10,25H,(H,24,26). The lowest BCUT2D eigenvalue weighted by atomic mass is 9.64. The number of aromatic hydroxyl groups is 1. The number of ether oxygens (including phenoxy) is 1. The van der Waals surface area contributed by atoms with Crippen LogP contribution in [0.1, 0.15) is 15.9 Å². The third-order valence-corrected chi connectivity index (χ3v) is 4.99. The largest absolute Gasteiger partial charge is 0.507 e. The average Bonchev–Trinajstić information content (AvgIpc) is 2.62. The van der Waals surface area contributed by atoms with Crippen LogP contribution in [-0.4, -0.2) is 32.1 Å². The van der Waals surface area contributed by atoms with E-state index in [9.17, 15) is 9.90 Å². The molecule has 128 valence electrons. The van der Waals surface area contributed by atoms with E-state index in [1.165, 1.54) is 6.07 Å². The van der Waals surface area contributed by atoms with Gasteiger partial charge < -0.3 is 15.2 Å². The summed E-state index contributed by atoms with van der Waals surface area (Å²) in [6.45, 7) is 0. The van der Waals surface area contributed by atoms with E-state index in [0.717, 1.165) is 14.5 Å². The van der Waals surface area contributed by atoms with Crippen molar-refractivity contribution in [2.24, 2.45) is 0 Å². The summed E-state index contributed by atoms with van der Waals surface area (Å²) in [6, 6.07) is 14.2. The Bertz CT molecular complexity index is 1090. The molecule has 0 bridgehead atoms. The van der Waals surface area contributed by atoms with Gasteiger partial charge in [0.05, 0.1) is 5.56 Å². The van der Waals surface area contributed by atoms with Crippen molar-refractivity contribution in [3.8, 4) is 11.5 Å². The Kier molecular flexibility index (Phi) is 4.42. The van der Waals surface area contributed by atoms with Crippen LogP contribution in [-0.2, 0) is 0 Å².